The van der Waals surface area contributed by atoms with E-state index in [1.54, 1.807) is 33.4 Å². The molecule has 4 rings (SSSR count). The maximum atomic E-state index is 2.58. The summed E-state index contributed by atoms with van der Waals surface area (Å²) >= 11 is 0. The summed E-state index contributed by atoms with van der Waals surface area (Å²) in [4.78, 5) is 0. The molecule has 0 heterocycles. The van der Waals surface area contributed by atoms with Crippen LogP contribution in [-0.4, -0.2) is 0 Å². The first kappa shape index (κ1) is 24.1. The zero-order valence-corrected chi connectivity index (χ0v) is 21.9. The zero-order chi connectivity index (χ0) is 23.6. The Morgan fingerprint density at radius 2 is 1.00 bits per heavy atom. The van der Waals surface area contributed by atoms with Gasteiger partial charge in [-0.05, 0) is 78.3 Å². The van der Waals surface area contributed by atoms with Crippen molar-refractivity contribution in [2.24, 2.45) is 5.41 Å². The molecule has 0 saturated carbocycles. The Bertz CT molecular complexity index is 962. The van der Waals surface area contributed by atoms with Gasteiger partial charge in [-0.15, -0.1) is 0 Å². The molecule has 0 nitrogen and oxygen atoms in total. The van der Waals surface area contributed by atoms with Crippen LogP contribution in [0.15, 0.2) is 59.7 Å². The van der Waals surface area contributed by atoms with E-state index in [0.717, 1.165) is 0 Å². The van der Waals surface area contributed by atoms with Gasteiger partial charge in [-0.25, -0.2) is 0 Å². The maximum Gasteiger partial charge on any atom is 0.0120 e. The normalized spacial score (nSPS) is 19.9. The van der Waals surface area contributed by atoms with E-state index in [1.807, 2.05) is 0 Å². The highest BCUT2D eigenvalue weighted by Gasteiger charge is 2.48. The van der Waals surface area contributed by atoms with Gasteiger partial charge in [0.15, 0.2) is 0 Å². The third-order valence-electron chi connectivity index (χ3n) is 8.60. The van der Waals surface area contributed by atoms with Gasteiger partial charge < -0.3 is 0 Å². The van der Waals surface area contributed by atoms with Crippen LogP contribution in [0.1, 0.15) is 127 Å². The van der Waals surface area contributed by atoms with Crippen molar-refractivity contribution in [2.45, 2.75) is 105 Å². The van der Waals surface area contributed by atoms with Gasteiger partial charge in [-0.1, -0.05) is 113 Å². The van der Waals surface area contributed by atoms with Crippen LogP contribution in [0, 0.1) is 5.41 Å². The minimum absolute atomic E-state index is 0.130. The molecule has 0 spiro atoms. The van der Waals surface area contributed by atoms with Crippen molar-refractivity contribution in [2.75, 3.05) is 0 Å². The molecule has 2 atom stereocenters. The van der Waals surface area contributed by atoms with Gasteiger partial charge in [0.25, 0.3) is 0 Å². The Morgan fingerprint density at radius 3 is 1.39 bits per heavy atom. The SMILES string of the molecule is CCCCCC1=C(C)c2ccccc2C1C(C)(C)C1C(CCCCC)=C(C)c2ccccc21. The minimum atomic E-state index is 0.130. The van der Waals surface area contributed by atoms with E-state index in [9.17, 15) is 0 Å². The van der Waals surface area contributed by atoms with Crippen LogP contribution in [-0.2, 0) is 0 Å². The van der Waals surface area contributed by atoms with Crippen LogP contribution in [0.2, 0.25) is 0 Å². The van der Waals surface area contributed by atoms with E-state index in [1.165, 1.54) is 62.5 Å². The number of unbranched alkanes of at least 4 members (excludes halogenated alkanes) is 4. The molecule has 0 radical (unpaired) electrons. The van der Waals surface area contributed by atoms with Gasteiger partial charge in [0.2, 0.25) is 0 Å². The molecule has 0 fully saturated rings. The third-order valence-corrected chi connectivity index (χ3v) is 8.60. The summed E-state index contributed by atoms with van der Waals surface area (Å²) in [6.45, 7) is 14.6. The van der Waals surface area contributed by atoms with Crippen molar-refractivity contribution in [1.82, 2.24) is 0 Å². The van der Waals surface area contributed by atoms with Crippen LogP contribution in [0.5, 0.6) is 0 Å². The third kappa shape index (κ3) is 4.27. The Kier molecular flexibility index (Phi) is 7.32. The number of benzene rings is 2. The second-order valence-electron chi connectivity index (χ2n) is 11.1. The predicted molar refractivity (Wildman–Crippen MR) is 146 cm³/mol. The Labute approximate surface area is 203 Å². The van der Waals surface area contributed by atoms with Gasteiger partial charge in [0.1, 0.15) is 0 Å². The fourth-order valence-corrected chi connectivity index (χ4v) is 7.00. The van der Waals surface area contributed by atoms with Crippen LogP contribution < -0.4 is 0 Å². The second kappa shape index (κ2) is 10.0. The second-order valence-corrected chi connectivity index (χ2v) is 11.1. The molecule has 0 aromatic heterocycles. The van der Waals surface area contributed by atoms with E-state index >= 15 is 0 Å². The molecular weight excluding hydrogens is 396 g/mol. The van der Waals surface area contributed by atoms with Crippen molar-refractivity contribution in [3.05, 3.63) is 81.9 Å². The molecule has 2 aromatic carbocycles. The molecule has 2 aromatic rings. The van der Waals surface area contributed by atoms with Crippen molar-refractivity contribution < 1.29 is 0 Å². The first-order chi connectivity index (χ1) is 15.9. The summed E-state index contributed by atoms with van der Waals surface area (Å²) in [7, 11) is 0. The number of hydrogen-bond donors (Lipinski definition) is 0. The number of allylic oxidation sites excluding steroid dienone is 4. The Balaban J connectivity index is 1.80. The van der Waals surface area contributed by atoms with Gasteiger partial charge in [0.05, 0.1) is 0 Å². The van der Waals surface area contributed by atoms with Crippen LogP contribution in [0.4, 0.5) is 0 Å². The van der Waals surface area contributed by atoms with Crippen molar-refractivity contribution in [1.29, 1.82) is 0 Å². The largest absolute Gasteiger partial charge is 0.0654 e. The summed E-state index contributed by atoms with van der Waals surface area (Å²) in [5.74, 6) is 0.992. The van der Waals surface area contributed by atoms with E-state index < -0.39 is 0 Å². The van der Waals surface area contributed by atoms with E-state index in [4.69, 9.17) is 0 Å². The molecule has 0 saturated heterocycles. The van der Waals surface area contributed by atoms with Crippen LogP contribution in [0.3, 0.4) is 0 Å². The molecule has 2 aliphatic carbocycles. The molecule has 0 N–H and O–H groups in total. The lowest BCUT2D eigenvalue weighted by atomic mass is 9.61. The topological polar surface area (TPSA) is 0 Å². The molecule has 2 aliphatic rings. The predicted octanol–water partition coefficient (Wildman–Crippen LogP) is 10.3. The smallest absolute Gasteiger partial charge is 0.0120 e. The lowest BCUT2D eigenvalue weighted by molar-refractivity contribution is 0.266. The van der Waals surface area contributed by atoms with Crippen molar-refractivity contribution in [3.63, 3.8) is 0 Å². The minimum Gasteiger partial charge on any atom is -0.0654 e. The summed E-state index contributed by atoms with van der Waals surface area (Å²) in [5, 5.41) is 0. The van der Waals surface area contributed by atoms with Crippen molar-refractivity contribution in [3.8, 4) is 0 Å². The molecule has 0 bridgehead atoms. The monoisotopic (exact) mass is 440 g/mol. The lowest BCUT2D eigenvalue weighted by Crippen LogP contribution is -2.30. The maximum absolute atomic E-state index is 2.58. The molecule has 0 heteroatoms. The van der Waals surface area contributed by atoms with Crippen LogP contribution in [0.25, 0.3) is 11.1 Å². The number of rotatable bonds is 10. The lowest BCUT2D eigenvalue weighted by Gasteiger charge is -2.42. The van der Waals surface area contributed by atoms with E-state index in [0.29, 0.717) is 11.8 Å². The zero-order valence-electron chi connectivity index (χ0n) is 21.9. The van der Waals surface area contributed by atoms with Crippen molar-refractivity contribution >= 4 is 11.1 Å². The molecule has 0 aliphatic heterocycles. The molecular formula is C33H44. The van der Waals surface area contributed by atoms with Gasteiger partial charge in [-0.2, -0.15) is 0 Å². The molecule has 33 heavy (non-hydrogen) atoms. The average molecular weight is 441 g/mol. The first-order valence-corrected chi connectivity index (χ1v) is 13.5. The highest BCUT2D eigenvalue weighted by atomic mass is 14.5. The first-order valence-electron chi connectivity index (χ1n) is 13.5. The average Bonchev–Trinajstić information content (AvgIpc) is 3.27. The van der Waals surface area contributed by atoms with E-state index in [-0.39, 0.29) is 5.41 Å². The van der Waals surface area contributed by atoms with Crippen LogP contribution >= 0.6 is 0 Å². The highest BCUT2D eigenvalue weighted by Crippen LogP contribution is 2.62. The molecule has 2 unspecified atom stereocenters. The summed E-state index contributed by atoms with van der Waals surface area (Å²) < 4.78 is 0. The van der Waals surface area contributed by atoms with E-state index in [2.05, 4.69) is 90.1 Å². The number of fused-ring (bicyclic) bond motifs is 2. The molecule has 176 valence electrons. The fraction of sp³-hybridized carbons (Fsp3) is 0.515. The Morgan fingerprint density at radius 1 is 0.606 bits per heavy atom. The van der Waals surface area contributed by atoms with Gasteiger partial charge in [-0.3, -0.25) is 0 Å². The Hall–Kier alpha value is -2.08. The summed E-state index contributed by atoms with van der Waals surface area (Å²) in [6, 6.07) is 18.6. The molecule has 0 amide bonds. The number of hydrogen-bond acceptors (Lipinski definition) is 0. The van der Waals surface area contributed by atoms with Gasteiger partial charge in [0, 0.05) is 11.8 Å². The highest BCUT2D eigenvalue weighted by molar-refractivity contribution is 5.80. The fourth-order valence-electron chi connectivity index (χ4n) is 7.00. The standard InChI is InChI=1S/C33H44/c1-7-9-11-19-27-23(3)25-17-13-15-21-29(25)31(27)33(5,6)32-28(20-12-10-8-2)24(4)26-18-14-16-22-30(26)32/h13-18,21-22,31-32H,7-12,19-20H2,1-6H3. The summed E-state index contributed by atoms with van der Waals surface area (Å²) in [6.07, 6.45) is 10.3. The summed E-state index contributed by atoms with van der Waals surface area (Å²) in [5.41, 5.74) is 12.8. The van der Waals surface area contributed by atoms with Gasteiger partial charge >= 0.3 is 0 Å². The quantitative estimate of drug-likeness (QED) is 0.322.